The summed E-state index contributed by atoms with van der Waals surface area (Å²) in [5, 5.41) is 11.7. The van der Waals surface area contributed by atoms with E-state index in [-0.39, 0.29) is 17.9 Å². The number of nitrogens with one attached hydrogen (secondary N) is 1. The molecule has 0 saturated heterocycles. The van der Waals surface area contributed by atoms with Gasteiger partial charge in [0.05, 0.1) is 11.3 Å². The second-order valence-corrected chi connectivity index (χ2v) is 6.42. The lowest BCUT2D eigenvalue weighted by Gasteiger charge is -2.20. The van der Waals surface area contributed by atoms with Crippen LogP contribution in [-0.4, -0.2) is 22.8 Å². The second-order valence-electron chi connectivity index (χ2n) is 6.42. The SMILES string of the molecule is CC(C)(C)OC(=O)Nc1cc(C(=O)O)ccc1OCc1ccccc1. The van der Waals surface area contributed by atoms with E-state index >= 15 is 0 Å². The number of rotatable bonds is 5. The Kier molecular flexibility index (Phi) is 5.64. The van der Waals surface area contributed by atoms with E-state index in [9.17, 15) is 9.59 Å². The Morgan fingerprint density at radius 3 is 2.36 bits per heavy atom. The average molecular weight is 343 g/mol. The fourth-order valence-electron chi connectivity index (χ4n) is 2.04. The van der Waals surface area contributed by atoms with E-state index in [0.717, 1.165) is 5.56 Å². The van der Waals surface area contributed by atoms with Crippen LogP contribution in [0.5, 0.6) is 5.75 Å². The van der Waals surface area contributed by atoms with Crippen molar-refractivity contribution in [3.63, 3.8) is 0 Å². The number of hydrogen-bond donors (Lipinski definition) is 2. The largest absolute Gasteiger partial charge is 0.487 e. The molecule has 0 aliphatic rings. The zero-order valence-electron chi connectivity index (χ0n) is 14.4. The highest BCUT2D eigenvalue weighted by Crippen LogP contribution is 2.27. The van der Waals surface area contributed by atoms with Crippen molar-refractivity contribution < 1.29 is 24.2 Å². The van der Waals surface area contributed by atoms with Crippen LogP contribution in [0.15, 0.2) is 48.5 Å². The van der Waals surface area contributed by atoms with E-state index < -0.39 is 17.7 Å². The van der Waals surface area contributed by atoms with Crippen LogP contribution in [0.3, 0.4) is 0 Å². The lowest BCUT2D eigenvalue weighted by molar-refractivity contribution is 0.0632. The number of carboxylic acids is 1. The number of benzene rings is 2. The molecular weight excluding hydrogens is 322 g/mol. The first-order valence-electron chi connectivity index (χ1n) is 7.79. The third-order valence-electron chi connectivity index (χ3n) is 3.10. The summed E-state index contributed by atoms with van der Waals surface area (Å²) in [5.74, 6) is -0.735. The predicted octanol–water partition coefficient (Wildman–Crippen LogP) is 4.31. The predicted molar refractivity (Wildman–Crippen MR) is 94.0 cm³/mol. The molecule has 0 heterocycles. The van der Waals surface area contributed by atoms with Crippen molar-refractivity contribution in [2.24, 2.45) is 0 Å². The fourth-order valence-corrected chi connectivity index (χ4v) is 2.04. The summed E-state index contributed by atoms with van der Waals surface area (Å²) < 4.78 is 10.9. The number of carboxylic acid groups (broad SMARTS) is 1. The molecule has 2 N–H and O–H groups in total. The van der Waals surface area contributed by atoms with E-state index in [0.29, 0.717) is 5.75 Å². The summed E-state index contributed by atoms with van der Waals surface area (Å²) in [5.41, 5.74) is 0.566. The summed E-state index contributed by atoms with van der Waals surface area (Å²) in [6.07, 6.45) is -0.681. The standard InChI is InChI=1S/C19H21NO5/c1-19(2,3)25-18(23)20-15-11-14(17(21)22)9-10-16(15)24-12-13-7-5-4-6-8-13/h4-11H,12H2,1-3H3,(H,20,23)(H,21,22). The van der Waals surface area contributed by atoms with Crippen molar-refractivity contribution in [1.82, 2.24) is 0 Å². The molecule has 0 spiro atoms. The van der Waals surface area contributed by atoms with Gasteiger partial charge in [-0.2, -0.15) is 0 Å². The van der Waals surface area contributed by atoms with Crippen molar-refractivity contribution in [3.8, 4) is 5.75 Å². The van der Waals surface area contributed by atoms with Crippen LogP contribution in [0.4, 0.5) is 10.5 Å². The molecule has 25 heavy (non-hydrogen) atoms. The van der Waals surface area contributed by atoms with Crippen LogP contribution in [0.1, 0.15) is 36.7 Å². The fraction of sp³-hybridized carbons (Fsp3) is 0.263. The maximum atomic E-state index is 12.0. The number of ether oxygens (including phenoxy) is 2. The van der Waals surface area contributed by atoms with Gasteiger partial charge in [-0.1, -0.05) is 30.3 Å². The highest BCUT2D eigenvalue weighted by Gasteiger charge is 2.18. The van der Waals surface area contributed by atoms with Crippen LogP contribution in [0.2, 0.25) is 0 Å². The third-order valence-corrected chi connectivity index (χ3v) is 3.10. The van der Waals surface area contributed by atoms with Crippen LogP contribution in [-0.2, 0) is 11.3 Å². The molecule has 0 aliphatic heterocycles. The summed E-state index contributed by atoms with van der Waals surface area (Å²) >= 11 is 0. The van der Waals surface area contributed by atoms with Crippen molar-refractivity contribution >= 4 is 17.7 Å². The van der Waals surface area contributed by atoms with Crippen LogP contribution in [0.25, 0.3) is 0 Å². The third kappa shape index (κ3) is 5.84. The quantitative estimate of drug-likeness (QED) is 0.845. The molecule has 6 nitrogen and oxygen atoms in total. The first kappa shape index (κ1) is 18.3. The van der Waals surface area contributed by atoms with Crippen molar-refractivity contribution in [1.29, 1.82) is 0 Å². The second kappa shape index (κ2) is 7.70. The normalized spacial score (nSPS) is 10.8. The van der Waals surface area contributed by atoms with Gasteiger partial charge in [-0.25, -0.2) is 9.59 Å². The lowest BCUT2D eigenvalue weighted by Crippen LogP contribution is -2.27. The number of aromatic carboxylic acids is 1. The molecule has 0 aliphatic carbocycles. The van der Waals surface area contributed by atoms with Crippen molar-refractivity contribution in [2.75, 3.05) is 5.32 Å². The summed E-state index contributed by atoms with van der Waals surface area (Å²) in [6, 6.07) is 13.8. The molecule has 0 saturated carbocycles. The molecule has 132 valence electrons. The van der Waals surface area contributed by atoms with E-state index in [4.69, 9.17) is 14.6 Å². The smallest absolute Gasteiger partial charge is 0.412 e. The summed E-state index contributed by atoms with van der Waals surface area (Å²) in [4.78, 5) is 23.2. The first-order valence-corrected chi connectivity index (χ1v) is 7.79. The molecule has 1 amide bonds. The van der Waals surface area contributed by atoms with Gasteiger partial charge < -0.3 is 14.6 Å². The summed E-state index contributed by atoms with van der Waals surface area (Å²) in [7, 11) is 0. The number of carbonyl (C=O) groups excluding carboxylic acids is 1. The van der Waals surface area contributed by atoms with Gasteiger partial charge in [-0.15, -0.1) is 0 Å². The minimum absolute atomic E-state index is 0.0399. The van der Waals surface area contributed by atoms with E-state index in [1.54, 1.807) is 20.8 Å². The van der Waals surface area contributed by atoms with Crippen LogP contribution in [0, 0.1) is 0 Å². The molecule has 6 heteroatoms. The minimum atomic E-state index is -1.10. The van der Waals surface area contributed by atoms with Crippen molar-refractivity contribution in [3.05, 3.63) is 59.7 Å². The Hall–Kier alpha value is -3.02. The van der Waals surface area contributed by atoms with Gasteiger partial charge in [0.15, 0.2) is 0 Å². The zero-order chi connectivity index (χ0) is 18.4. The lowest BCUT2D eigenvalue weighted by atomic mass is 10.2. The van der Waals surface area contributed by atoms with Gasteiger partial charge in [0.1, 0.15) is 18.0 Å². The Morgan fingerprint density at radius 2 is 1.76 bits per heavy atom. The van der Waals surface area contributed by atoms with Gasteiger partial charge >= 0.3 is 12.1 Å². The molecule has 0 bridgehead atoms. The molecule has 0 radical (unpaired) electrons. The summed E-state index contributed by atoms with van der Waals surface area (Å²) in [6.45, 7) is 5.52. The van der Waals surface area contributed by atoms with E-state index in [1.807, 2.05) is 30.3 Å². The molecule has 0 atom stereocenters. The first-order chi connectivity index (χ1) is 11.7. The van der Waals surface area contributed by atoms with Crippen molar-refractivity contribution in [2.45, 2.75) is 33.0 Å². The molecule has 0 aromatic heterocycles. The highest BCUT2D eigenvalue weighted by molar-refractivity contribution is 5.93. The van der Waals surface area contributed by atoms with E-state index in [2.05, 4.69) is 5.32 Å². The van der Waals surface area contributed by atoms with Gasteiger partial charge in [-0.05, 0) is 44.5 Å². The van der Waals surface area contributed by atoms with Gasteiger partial charge in [-0.3, -0.25) is 5.32 Å². The molecule has 2 rings (SSSR count). The Morgan fingerprint density at radius 1 is 1.08 bits per heavy atom. The van der Waals surface area contributed by atoms with Gasteiger partial charge in [0, 0.05) is 0 Å². The molecule has 2 aromatic rings. The maximum absolute atomic E-state index is 12.0. The number of amides is 1. The van der Waals surface area contributed by atoms with Crippen LogP contribution >= 0.6 is 0 Å². The average Bonchev–Trinajstić information content (AvgIpc) is 2.52. The number of carbonyl (C=O) groups is 2. The molecule has 0 fully saturated rings. The monoisotopic (exact) mass is 343 g/mol. The van der Waals surface area contributed by atoms with Gasteiger partial charge in [0.25, 0.3) is 0 Å². The Balaban J connectivity index is 2.19. The number of hydrogen-bond acceptors (Lipinski definition) is 4. The maximum Gasteiger partial charge on any atom is 0.412 e. The molecule has 0 unspecified atom stereocenters. The molecular formula is C19H21NO5. The highest BCUT2D eigenvalue weighted by atomic mass is 16.6. The Bertz CT molecular complexity index is 750. The molecule has 2 aromatic carbocycles. The topological polar surface area (TPSA) is 84.9 Å². The minimum Gasteiger partial charge on any atom is -0.487 e. The zero-order valence-corrected chi connectivity index (χ0v) is 14.4. The van der Waals surface area contributed by atoms with Gasteiger partial charge in [0.2, 0.25) is 0 Å². The number of anilines is 1. The Labute approximate surface area is 146 Å². The van der Waals surface area contributed by atoms with E-state index in [1.165, 1.54) is 18.2 Å². The van der Waals surface area contributed by atoms with Crippen LogP contribution < -0.4 is 10.1 Å².